The van der Waals surface area contributed by atoms with Crippen molar-refractivity contribution in [1.82, 2.24) is 4.90 Å². The third-order valence-corrected chi connectivity index (χ3v) is 5.87. The van der Waals surface area contributed by atoms with Crippen molar-refractivity contribution >= 4 is 35.0 Å². The van der Waals surface area contributed by atoms with Crippen molar-refractivity contribution < 1.29 is 14.4 Å². The molecule has 0 bridgehead atoms. The van der Waals surface area contributed by atoms with Crippen molar-refractivity contribution in [1.29, 1.82) is 0 Å². The molecule has 162 valence electrons. The number of carbonyl (C=O) groups is 3. The van der Waals surface area contributed by atoms with Crippen LogP contribution in [0.2, 0.25) is 5.02 Å². The van der Waals surface area contributed by atoms with Crippen LogP contribution in [0.5, 0.6) is 0 Å². The molecule has 3 amide bonds. The summed E-state index contributed by atoms with van der Waals surface area (Å²) >= 11 is 5.95. The number of carbonyl (C=O) groups excluding carboxylic acids is 3. The van der Waals surface area contributed by atoms with Crippen molar-refractivity contribution in [3.63, 3.8) is 0 Å². The molecule has 0 aliphatic carbocycles. The largest absolute Gasteiger partial charge is 0.322 e. The molecule has 0 saturated carbocycles. The predicted octanol–water partition coefficient (Wildman–Crippen LogP) is 4.93. The zero-order valence-corrected chi connectivity index (χ0v) is 18.7. The molecule has 1 aliphatic heterocycles. The molecule has 0 spiro atoms. The van der Waals surface area contributed by atoms with Crippen LogP contribution in [-0.4, -0.2) is 28.7 Å². The van der Waals surface area contributed by atoms with Crippen LogP contribution >= 0.6 is 11.6 Å². The number of imide groups is 1. The smallest absolute Gasteiger partial charge is 0.257 e. The van der Waals surface area contributed by atoms with Crippen molar-refractivity contribution in [2.24, 2.45) is 0 Å². The normalized spacial score (nSPS) is 15.8. The molecule has 1 fully saturated rings. The first-order valence-corrected chi connectivity index (χ1v) is 10.8. The number of aryl methyl sites for hydroxylation is 2. The molecule has 1 saturated heterocycles. The summed E-state index contributed by atoms with van der Waals surface area (Å²) < 4.78 is 0. The van der Waals surface area contributed by atoms with E-state index in [2.05, 4.69) is 0 Å². The Labute approximate surface area is 192 Å². The van der Waals surface area contributed by atoms with Crippen LogP contribution in [0.3, 0.4) is 0 Å². The van der Waals surface area contributed by atoms with Gasteiger partial charge in [0.25, 0.3) is 11.8 Å². The minimum atomic E-state index is -0.881. The molecule has 1 heterocycles. The maximum absolute atomic E-state index is 13.5. The number of anilines is 1. The lowest BCUT2D eigenvalue weighted by atomic mass is 10.1. The number of hydrogen-bond acceptors (Lipinski definition) is 3. The molecule has 32 heavy (non-hydrogen) atoms. The zero-order valence-electron chi connectivity index (χ0n) is 17.9. The van der Waals surface area contributed by atoms with Gasteiger partial charge in [0.1, 0.15) is 6.04 Å². The van der Waals surface area contributed by atoms with Crippen LogP contribution in [0.1, 0.15) is 33.5 Å². The molecule has 1 aliphatic rings. The van der Waals surface area contributed by atoms with E-state index in [1.54, 1.807) is 36.4 Å². The van der Waals surface area contributed by atoms with Crippen LogP contribution in [0.25, 0.3) is 0 Å². The number of halogens is 1. The number of rotatable bonds is 5. The molecule has 0 N–H and O–H groups in total. The van der Waals surface area contributed by atoms with Crippen molar-refractivity contribution in [3.05, 3.63) is 100 Å². The fourth-order valence-electron chi connectivity index (χ4n) is 3.80. The van der Waals surface area contributed by atoms with Gasteiger partial charge in [0.15, 0.2) is 0 Å². The van der Waals surface area contributed by atoms with Crippen LogP contribution < -0.4 is 4.90 Å². The third-order valence-electron chi connectivity index (χ3n) is 5.62. The monoisotopic (exact) mass is 446 g/mol. The molecule has 4 rings (SSSR count). The van der Waals surface area contributed by atoms with E-state index >= 15 is 0 Å². The van der Waals surface area contributed by atoms with Crippen LogP contribution in [0.15, 0.2) is 72.8 Å². The highest BCUT2D eigenvalue weighted by atomic mass is 35.5. The number of hydrogen-bond donors (Lipinski definition) is 0. The second kappa shape index (κ2) is 8.97. The van der Waals surface area contributed by atoms with Gasteiger partial charge in [-0.3, -0.25) is 14.4 Å². The third kappa shape index (κ3) is 4.43. The van der Waals surface area contributed by atoms with Gasteiger partial charge >= 0.3 is 0 Å². The second-order valence-electron chi connectivity index (χ2n) is 8.05. The number of amides is 3. The number of nitrogens with zero attached hydrogens (tertiary/aromatic N) is 2. The molecule has 0 aromatic heterocycles. The van der Waals surface area contributed by atoms with E-state index in [0.29, 0.717) is 16.3 Å². The van der Waals surface area contributed by atoms with E-state index in [4.69, 9.17) is 11.6 Å². The first-order chi connectivity index (χ1) is 15.3. The lowest BCUT2D eigenvalue weighted by molar-refractivity contribution is -0.122. The second-order valence-corrected chi connectivity index (χ2v) is 8.48. The Morgan fingerprint density at radius 1 is 0.906 bits per heavy atom. The first-order valence-electron chi connectivity index (χ1n) is 10.4. The highest BCUT2D eigenvalue weighted by molar-refractivity contribution is 6.31. The number of benzene rings is 3. The fraction of sp³-hybridized carbons (Fsp3) is 0.192. The fourth-order valence-corrected chi connectivity index (χ4v) is 3.92. The molecule has 5 nitrogen and oxygen atoms in total. The van der Waals surface area contributed by atoms with Gasteiger partial charge in [0.2, 0.25) is 5.91 Å². The Morgan fingerprint density at radius 3 is 2.06 bits per heavy atom. The summed E-state index contributed by atoms with van der Waals surface area (Å²) in [5.74, 6) is -1.03. The van der Waals surface area contributed by atoms with Crippen molar-refractivity contribution in [2.45, 2.75) is 32.9 Å². The van der Waals surface area contributed by atoms with E-state index in [1.165, 1.54) is 4.90 Å². The highest BCUT2D eigenvalue weighted by Gasteiger charge is 2.44. The molecule has 0 radical (unpaired) electrons. The van der Waals surface area contributed by atoms with Gasteiger partial charge < -0.3 is 4.90 Å². The quantitative estimate of drug-likeness (QED) is 0.522. The minimum Gasteiger partial charge on any atom is -0.322 e. The van der Waals surface area contributed by atoms with Crippen LogP contribution in [-0.2, 0) is 16.1 Å². The Balaban J connectivity index is 1.68. The molecule has 3 aromatic carbocycles. The lowest BCUT2D eigenvalue weighted by Gasteiger charge is -2.28. The van der Waals surface area contributed by atoms with E-state index in [-0.39, 0.29) is 24.8 Å². The standard InChI is InChI=1S/C26H23ClN2O3/c1-17-3-7-19(8-4-17)16-28(25(31)20-9-5-18(2)6-10-20)23-15-24(30)29(26(23)32)22-13-11-21(27)12-14-22/h3-14,23H,15-16H2,1-2H3. The summed E-state index contributed by atoms with van der Waals surface area (Å²) in [5, 5.41) is 0.514. The minimum absolute atomic E-state index is 0.0646. The molecule has 1 atom stereocenters. The Kier molecular flexibility index (Phi) is 6.10. The van der Waals surface area contributed by atoms with Crippen LogP contribution in [0.4, 0.5) is 5.69 Å². The topological polar surface area (TPSA) is 57.7 Å². The summed E-state index contributed by atoms with van der Waals surface area (Å²) in [7, 11) is 0. The molecule has 6 heteroatoms. The molecule has 1 unspecified atom stereocenters. The maximum Gasteiger partial charge on any atom is 0.257 e. The average Bonchev–Trinajstić information content (AvgIpc) is 3.08. The predicted molar refractivity (Wildman–Crippen MR) is 125 cm³/mol. The Hall–Kier alpha value is -3.44. The first kappa shape index (κ1) is 21.8. The average molecular weight is 447 g/mol. The molecular formula is C26H23ClN2O3. The summed E-state index contributed by atoms with van der Waals surface area (Å²) in [4.78, 5) is 42.3. The van der Waals surface area contributed by atoms with E-state index in [0.717, 1.165) is 21.6 Å². The van der Waals surface area contributed by atoms with Crippen LogP contribution in [0, 0.1) is 13.8 Å². The lowest BCUT2D eigenvalue weighted by Crippen LogP contribution is -2.45. The van der Waals surface area contributed by atoms with Crippen molar-refractivity contribution in [3.8, 4) is 0 Å². The van der Waals surface area contributed by atoms with E-state index in [1.807, 2.05) is 50.2 Å². The van der Waals surface area contributed by atoms with Gasteiger partial charge in [-0.25, -0.2) is 4.90 Å². The summed E-state index contributed by atoms with van der Waals surface area (Å²) in [6.45, 7) is 4.16. The van der Waals surface area contributed by atoms with Gasteiger partial charge in [-0.15, -0.1) is 0 Å². The van der Waals surface area contributed by atoms with Gasteiger partial charge in [0, 0.05) is 17.1 Å². The summed E-state index contributed by atoms with van der Waals surface area (Å²) in [6, 6.07) is 20.7. The van der Waals surface area contributed by atoms with Gasteiger partial charge in [-0.1, -0.05) is 59.1 Å². The van der Waals surface area contributed by atoms with Crippen molar-refractivity contribution in [2.75, 3.05) is 4.90 Å². The SMILES string of the molecule is Cc1ccc(CN(C(=O)c2ccc(C)cc2)C2CC(=O)N(c3ccc(Cl)cc3)C2=O)cc1. The highest BCUT2D eigenvalue weighted by Crippen LogP contribution is 2.29. The molecular weight excluding hydrogens is 424 g/mol. The van der Waals surface area contributed by atoms with Gasteiger partial charge in [-0.2, -0.15) is 0 Å². The van der Waals surface area contributed by atoms with Gasteiger partial charge in [-0.05, 0) is 55.8 Å². The van der Waals surface area contributed by atoms with Gasteiger partial charge in [0.05, 0.1) is 12.1 Å². The Bertz CT molecular complexity index is 1160. The molecule has 3 aromatic rings. The maximum atomic E-state index is 13.5. The zero-order chi connectivity index (χ0) is 22.8. The summed E-state index contributed by atoms with van der Waals surface area (Å²) in [6.07, 6.45) is -0.0646. The van der Waals surface area contributed by atoms with E-state index in [9.17, 15) is 14.4 Å². The van der Waals surface area contributed by atoms with E-state index < -0.39 is 11.9 Å². The summed E-state index contributed by atoms with van der Waals surface area (Å²) in [5.41, 5.74) is 3.96. The Morgan fingerprint density at radius 2 is 1.47 bits per heavy atom.